The fourth-order valence-corrected chi connectivity index (χ4v) is 3.51. The molecule has 0 spiro atoms. The molecule has 138 valence electrons. The number of nitrogens with zero attached hydrogens (tertiary/aromatic N) is 1. The average Bonchev–Trinajstić information content (AvgIpc) is 3.06. The van der Waals surface area contributed by atoms with Crippen LogP contribution in [0.1, 0.15) is 18.1 Å². The van der Waals surface area contributed by atoms with Gasteiger partial charge in [0, 0.05) is 34.4 Å². The van der Waals surface area contributed by atoms with E-state index in [0.717, 1.165) is 23.7 Å². The number of carbonyl (C=O) groups excluding carboxylic acids is 1. The summed E-state index contributed by atoms with van der Waals surface area (Å²) in [6.07, 6.45) is 5.31. The average molecular weight is 367 g/mol. The second kappa shape index (κ2) is 7.57. The van der Waals surface area contributed by atoms with Crippen molar-refractivity contribution in [3.8, 4) is 5.75 Å². The first-order valence-corrected chi connectivity index (χ1v) is 9.33. The van der Waals surface area contributed by atoms with Crippen LogP contribution in [0.4, 0.5) is 0 Å². The molecule has 4 rings (SSSR count). The molecule has 1 heterocycles. The maximum Gasteiger partial charge on any atom is 0.335 e. The highest BCUT2D eigenvalue weighted by molar-refractivity contribution is 6.08. The van der Waals surface area contributed by atoms with E-state index in [0.29, 0.717) is 5.75 Å². The first-order chi connectivity index (χ1) is 13.7. The van der Waals surface area contributed by atoms with Gasteiger partial charge in [-0.2, -0.15) is 0 Å². The van der Waals surface area contributed by atoms with E-state index in [1.54, 1.807) is 12.1 Å². The quantitative estimate of drug-likeness (QED) is 0.185. The molecule has 0 aliphatic carbocycles. The summed E-state index contributed by atoms with van der Waals surface area (Å²) in [6, 6.07) is 22.5. The van der Waals surface area contributed by atoms with Gasteiger partial charge >= 0.3 is 5.97 Å². The van der Waals surface area contributed by atoms with Crippen LogP contribution in [-0.2, 0) is 11.3 Å². The van der Waals surface area contributed by atoms with Crippen LogP contribution in [0.15, 0.2) is 79.4 Å². The van der Waals surface area contributed by atoms with Crippen LogP contribution in [0, 0.1) is 0 Å². The molecule has 0 saturated carbocycles. The van der Waals surface area contributed by atoms with Gasteiger partial charge in [-0.1, -0.05) is 55.1 Å². The van der Waals surface area contributed by atoms with Crippen LogP contribution in [0.2, 0.25) is 0 Å². The molecule has 1 aromatic heterocycles. The fraction of sp³-hybridized carbons (Fsp3) is 0.0800. The molecule has 0 amide bonds. The summed E-state index contributed by atoms with van der Waals surface area (Å²) >= 11 is 0. The van der Waals surface area contributed by atoms with E-state index in [9.17, 15) is 4.79 Å². The summed E-state index contributed by atoms with van der Waals surface area (Å²) in [4.78, 5) is 11.2. The summed E-state index contributed by atoms with van der Waals surface area (Å²) < 4.78 is 7.45. The third kappa shape index (κ3) is 3.35. The molecule has 0 unspecified atom stereocenters. The van der Waals surface area contributed by atoms with Crippen molar-refractivity contribution < 1.29 is 9.53 Å². The Balaban J connectivity index is 1.64. The van der Waals surface area contributed by atoms with Gasteiger partial charge in [-0.15, -0.1) is 0 Å². The number of hydrogen-bond acceptors (Lipinski definition) is 2. The van der Waals surface area contributed by atoms with E-state index in [4.69, 9.17) is 4.74 Å². The Morgan fingerprint density at radius 3 is 2.36 bits per heavy atom. The smallest absolute Gasteiger partial charge is 0.335 e. The maximum atomic E-state index is 11.2. The van der Waals surface area contributed by atoms with Gasteiger partial charge in [-0.25, -0.2) is 4.79 Å². The lowest BCUT2D eigenvalue weighted by molar-refractivity contribution is -0.128. The minimum Gasteiger partial charge on any atom is -0.423 e. The third-order valence-corrected chi connectivity index (χ3v) is 4.85. The lowest BCUT2D eigenvalue weighted by atomic mass is 10.1. The van der Waals surface area contributed by atoms with Crippen LogP contribution < -0.4 is 4.74 Å². The first kappa shape index (κ1) is 17.8. The number of hydrogen-bond donors (Lipinski definition) is 0. The van der Waals surface area contributed by atoms with Crippen molar-refractivity contribution in [3.05, 3.63) is 90.5 Å². The van der Waals surface area contributed by atoms with E-state index in [-0.39, 0.29) is 0 Å². The number of fused-ring (bicyclic) bond motifs is 3. The molecule has 28 heavy (non-hydrogen) atoms. The normalized spacial score (nSPS) is 11.3. The second-order valence-electron chi connectivity index (χ2n) is 6.57. The van der Waals surface area contributed by atoms with Gasteiger partial charge in [0.1, 0.15) is 5.75 Å². The van der Waals surface area contributed by atoms with E-state index < -0.39 is 5.97 Å². The zero-order valence-corrected chi connectivity index (χ0v) is 15.8. The van der Waals surface area contributed by atoms with Gasteiger partial charge in [-0.05, 0) is 48.4 Å². The largest absolute Gasteiger partial charge is 0.423 e. The number of carbonyl (C=O) groups is 1. The Bertz CT molecular complexity index is 1200. The van der Waals surface area contributed by atoms with Gasteiger partial charge in [0.25, 0.3) is 0 Å². The minimum absolute atomic E-state index is 0.456. The molecule has 0 saturated heterocycles. The molecule has 0 atom stereocenters. The standard InChI is InChI=1S/C25H21NO2/c1-3-25(27)28-20-14-11-18(12-15-20)9-10-19-13-16-24-22(17-19)21-7-5-6-8-23(21)26(24)4-2/h3,5-17H,1,4H2,2H3. The van der Waals surface area contributed by atoms with Gasteiger partial charge in [0.15, 0.2) is 0 Å². The summed E-state index contributed by atoms with van der Waals surface area (Å²) in [6.45, 7) is 6.52. The van der Waals surface area contributed by atoms with Gasteiger partial charge in [-0.3, -0.25) is 0 Å². The predicted molar refractivity (Wildman–Crippen MR) is 116 cm³/mol. The van der Waals surface area contributed by atoms with Gasteiger partial charge in [0.2, 0.25) is 0 Å². The van der Waals surface area contributed by atoms with E-state index in [1.165, 1.54) is 21.8 Å². The Kier molecular flexibility index (Phi) is 4.81. The number of esters is 1. The van der Waals surface area contributed by atoms with E-state index in [1.807, 2.05) is 12.1 Å². The predicted octanol–water partition coefficient (Wildman–Crippen LogP) is 6.08. The Morgan fingerprint density at radius 2 is 1.61 bits per heavy atom. The van der Waals surface area contributed by atoms with Crippen molar-refractivity contribution in [3.63, 3.8) is 0 Å². The number of benzene rings is 3. The van der Waals surface area contributed by atoms with Crippen molar-refractivity contribution >= 4 is 39.9 Å². The van der Waals surface area contributed by atoms with E-state index >= 15 is 0 Å². The van der Waals surface area contributed by atoms with Crippen LogP contribution in [-0.4, -0.2) is 10.5 Å². The topological polar surface area (TPSA) is 31.2 Å². The van der Waals surface area contributed by atoms with Crippen molar-refractivity contribution in [2.75, 3.05) is 0 Å². The van der Waals surface area contributed by atoms with Crippen LogP contribution in [0.25, 0.3) is 34.0 Å². The summed E-state index contributed by atoms with van der Waals surface area (Å²) in [7, 11) is 0. The van der Waals surface area contributed by atoms with Gasteiger partial charge < -0.3 is 9.30 Å². The summed E-state index contributed by atoms with van der Waals surface area (Å²) in [5.41, 5.74) is 4.71. The van der Waals surface area contributed by atoms with Crippen molar-refractivity contribution in [1.82, 2.24) is 4.57 Å². The van der Waals surface area contributed by atoms with Crippen LogP contribution in [0.5, 0.6) is 5.75 Å². The maximum absolute atomic E-state index is 11.2. The Morgan fingerprint density at radius 1 is 0.929 bits per heavy atom. The molecule has 3 heteroatoms. The number of para-hydroxylation sites is 1. The molecule has 0 N–H and O–H groups in total. The number of aromatic nitrogens is 1. The number of aryl methyl sites for hydroxylation is 1. The SMILES string of the molecule is C=CC(=O)Oc1ccc(C=Cc2ccc3c(c2)c2ccccc2n3CC)cc1. The lowest BCUT2D eigenvalue weighted by Crippen LogP contribution is -2.02. The lowest BCUT2D eigenvalue weighted by Gasteiger charge is -2.03. The highest BCUT2D eigenvalue weighted by Gasteiger charge is 2.08. The van der Waals surface area contributed by atoms with Crippen LogP contribution >= 0.6 is 0 Å². The third-order valence-electron chi connectivity index (χ3n) is 4.85. The van der Waals surface area contributed by atoms with Crippen molar-refractivity contribution in [2.45, 2.75) is 13.5 Å². The number of rotatable bonds is 5. The molecule has 4 aromatic rings. The Labute approximate surface area is 164 Å². The summed E-state index contributed by atoms with van der Waals surface area (Å²) in [5.74, 6) is 0.0543. The molecular weight excluding hydrogens is 346 g/mol. The second-order valence-corrected chi connectivity index (χ2v) is 6.57. The zero-order valence-electron chi connectivity index (χ0n) is 15.8. The Hall–Kier alpha value is -3.59. The monoisotopic (exact) mass is 367 g/mol. The highest BCUT2D eigenvalue weighted by Crippen LogP contribution is 2.30. The fourth-order valence-electron chi connectivity index (χ4n) is 3.51. The molecule has 0 aliphatic rings. The molecule has 0 radical (unpaired) electrons. The molecule has 0 fully saturated rings. The molecule has 0 bridgehead atoms. The highest BCUT2D eigenvalue weighted by atomic mass is 16.5. The molecule has 0 aliphatic heterocycles. The first-order valence-electron chi connectivity index (χ1n) is 9.33. The minimum atomic E-state index is -0.456. The molecule has 3 aromatic carbocycles. The van der Waals surface area contributed by atoms with Crippen molar-refractivity contribution in [2.24, 2.45) is 0 Å². The summed E-state index contributed by atoms with van der Waals surface area (Å²) in [5, 5.41) is 2.55. The molecular formula is C25H21NO2. The molecule has 3 nitrogen and oxygen atoms in total. The van der Waals surface area contributed by atoms with Crippen LogP contribution in [0.3, 0.4) is 0 Å². The number of ether oxygens (including phenoxy) is 1. The van der Waals surface area contributed by atoms with E-state index in [2.05, 4.69) is 72.7 Å². The van der Waals surface area contributed by atoms with Crippen molar-refractivity contribution in [1.29, 1.82) is 0 Å². The zero-order chi connectivity index (χ0) is 19.5. The van der Waals surface area contributed by atoms with Gasteiger partial charge in [0.05, 0.1) is 0 Å².